The molecule has 39 heavy (non-hydrogen) atoms. The molecule has 0 aliphatic heterocycles. The number of nitrogens with one attached hydrogen (secondary N) is 5. The van der Waals surface area contributed by atoms with Gasteiger partial charge in [-0.1, -0.05) is 36.4 Å². The maximum atomic E-state index is 12.8. The van der Waals surface area contributed by atoms with Crippen molar-refractivity contribution in [1.82, 2.24) is 25.9 Å². The third-order valence-electron chi connectivity index (χ3n) is 6.42. The Bertz CT molecular complexity index is 1500. The number of carbonyl (C=O) groups is 4. The molecular weight excluding hydrogens is 520 g/mol. The minimum atomic E-state index is -1.22. The molecular formula is C27H30N6O5S. The van der Waals surface area contributed by atoms with Gasteiger partial charge in [-0.05, 0) is 29.7 Å². The SMILES string of the molecule is NC(Cc1c[nH]c2ccccc12)C(=O)NCC(=O)NC(CS)C(=O)NC(Cc1c[nH]c2ccccc12)C(=O)O. The number of fused-ring (bicyclic) bond motifs is 2. The number of carboxylic acid groups (broad SMARTS) is 1. The number of para-hydroxylation sites is 2. The molecule has 0 spiro atoms. The quantitative estimate of drug-likeness (QED) is 0.121. The van der Waals surface area contributed by atoms with E-state index in [4.69, 9.17) is 5.73 Å². The molecule has 11 nitrogen and oxygen atoms in total. The normalized spacial score (nSPS) is 13.5. The molecule has 2 aromatic carbocycles. The van der Waals surface area contributed by atoms with Crippen molar-refractivity contribution in [2.45, 2.75) is 31.0 Å². The largest absolute Gasteiger partial charge is 0.480 e. The summed E-state index contributed by atoms with van der Waals surface area (Å²) in [6.45, 7) is -0.407. The average molecular weight is 551 g/mol. The molecule has 0 fully saturated rings. The number of nitrogens with two attached hydrogens (primary N) is 1. The maximum absolute atomic E-state index is 12.8. The zero-order valence-electron chi connectivity index (χ0n) is 20.9. The summed E-state index contributed by atoms with van der Waals surface area (Å²) < 4.78 is 0. The molecule has 0 saturated carbocycles. The second-order valence-electron chi connectivity index (χ2n) is 9.15. The molecule has 4 aromatic rings. The van der Waals surface area contributed by atoms with E-state index >= 15 is 0 Å². The summed E-state index contributed by atoms with van der Waals surface area (Å²) in [7, 11) is 0. The topological polar surface area (TPSA) is 182 Å². The van der Waals surface area contributed by atoms with E-state index in [1.165, 1.54) is 0 Å². The molecule has 4 rings (SSSR count). The van der Waals surface area contributed by atoms with Gasteiger partial charge in [0.1, 0.15) is 12.1 Å². The number of hydrogen-bond acceptors (Lipinski definition) is 6. The van der Waals surface area contributed by atoms with Crippen molar-refractivity contribution in [3.63, 3.8) is 0 Å². The van der Waals surface area contributed by atoms with Crippen LogP contribution in [0.15, 0.2) is 60.9 Å². The number of benzene rings is 2. The van der Waals surface area contributed by atoms with Gasteiger partial charge in [0.15, 0.2) is 0 Å². The third kappa shape index (κ3) is 6.78. The van der Waals surface area contributed by atoms with Crippen molar-refractivity contribution in [1.29, 1.82) is 0 Å². The number of thiol groups is 1. The summed E-state index contributed by atoms with van der Waals surface area (Å²) in [5, 5.41) is 18.9. The molecule has 0 saturated heterocycles. The fraction of sp³-hybridized carbons (Fsp3) is 0.259. The van der Waals surface area contributed by atoms with E-state index in [1.807, 2.05) is 48.5 Å². The Balaban J connectivity index is 1.28. The van der Waals surface area contributed by atoms with E-state index in [2.05, 4.69) is 38.5 Å². The first-order valence-corrected chi connectivity index (χ1v) is 13.0. The number of H-pyrrole nitrogens is 2. The molecule has 2 heterocycles. The number of hydrogen-bond donors (Lipinski definition) is 8. The van der Waals surface area contributed by atoms with Crippen LogP contribution in [0.1, 0.15) is 11.1 Å². The Morgan fingerprint density at radius 3 is 1.95 bits per heavy atom. The molecule has 0 aliphatic carbocycles. The third-order valence-corrected chi connectivity index (χ3v) is 6.79. The number of aromatic amines is 2. The van der Waals surface area contributed by atoms with E-state index in [0.29, 0.717) is 0 Å². The fourth-order valence-corrected chi connectivity index (χ4v) is 4.62. The van der Waals surface area contributed by atoms with Crippen LogP contribution in [-0.2, 0) is 32.0 Å². The van der Waals surface area contributed by atoms with Gasteiger partial charge in [-0.25, -0.2) is 4.79 Å². The molecule has 0 radical (unpaired) electrons. The van der Waals surface area contributed by atoms with Gasteiger partial charge >= 0.3 is 5.97 Å². The van der Waals surface area contributed by atoms with Gasteiger partial charge in [0, 0.05) is 46.4 Å². The van der Waals surface area contributed by atoms with Crippen LogP contribution in [0.5, 0.6) is 0 Å². The van der Waals surface area contributed by atoms with E-state index in [0.717, 1.165) is 32.9 Å². The van der Waals surface area contributed by atoms with Gasteiger partial charge in [0.25, 0.3) is 0 Å². The molecule has 2 aromatic heterocycles. The Hall–Kier alpha value is -4.29. The standard InChI is InChI=1S/C27H30N6O5S/c28-19(9-15-11-29-20-7-3-1-5-17(15)20)25(35)31-13-24(34)32-23(14-39)26(36)33-22(27(37)38)10-16-12-30-21-8-4-2-6-18(16)21/h1-8,11-12,19,22-23,29-30,39H,9-10,13-14,28H2,(H,31,35)(H,32,34)(H,33,36)(H,37,38). The first-order valence-electron chi connectivity index (χ1n) is 12.3. The predicted octanol–water partition coefficient (Wildman–Crippen LogP) is 0.862. The highest BCUT2D eigenvalue weighted by molar-refractivity contribution is 7.80. The highest BCUT2D eigenvalue weighted by Gasteiger charge is 2.27. The fourth-order valence-electron chi connectivity index (χ4n) is 4.36. The monoisotopic (exact) mass is 550 g/mol. The summed E-state index contributed by atoms with van der Waals surface area (Å²) in [6, 6.07) is 11.9. The van der Waals surface area contributed by atoms with E-state index < -0.39 is 48.4 Å². The molecule has 0 aliphatic rings. The van der Waals surface area contributed by atoms with E-state index in [9.17, 15) is 24.3 Å². The molecule has 12 heteroatoms. The highest BCUT2D eigenvalue weighted by Crippen LogP contribution is 2.20. The summed E-state index contributed by atoms with van der Waals surface area (Å²) >= 11 is 4.12. The number of aromatic nitrogens is 2. The van der Waals surface area contributed by atoms with Crippen LogP contribution in [0.25, 0.3) is 21.8 Å². The molecule has 0 bridgehead atoms. The van der Waals surface area contributed by atoms with E-state index in [1.54, 1.807) is 12.4 Å². The Morgan fingerprint density at radius 1 is 0.821 bits per heavy atom. The molecule has 8 N–H and O–H groups in total. The van der Waals surface area contributed by atoms with Crippen molar-refractivity contribution in [2.24, 2.45) is 5.73 Å². The van der Waals surface area contributed by atoms with Crippen molar-refractivity contribution < 1.29 is 24.3 Å². The van der Waals surface area contributed by atoms with Crippen LogP contribution < -0.4 is 21.7 Å². The highest BCUT2D eigenvalue weighted by atomic mass is 32.1. The summed E-state index contributed by atoms with van der Waals surface area (Å²) in [4.78, 5) is 55.8. The van der Waals surface area contributed by atoms with Crippen molar-refractivity contribution in [3.05, 3.63) is 72.1 Å². The van der Waals surface area contributed by atoms with Crippen LogP contribution in [-0.4, -0.2) is 69.2 Å². The molecule has 3 amide bonds. The number of aliphatic carboxylic acids is 1. The predicted molar refractivity (Wildman–Crippen MR) is 150 cm³/mol. The van der Waals surface area contributed by atoms with E-state index in [-0.39, 0.29) is 18.6 Å². The zero-order valence-corrected chi connectivity index (χ0v) is 21.8. The first kappa shape index (κ1) is 27.7. The van der Waals surface area contributed by atoms with Gasteiger partial charge < -0.3 is 36.8 Å². The van der Waals surface area contributed by atoms with Gasteiger partial charge in [0.2, 0.25) is 17.7 Å². The lowest BCUT2D eigenvalue weighted by Crippen LogP contribution is -2.55. The van der Waals surface area contributed by atoms with Crippen LogP contribution >= 0.6 is 12.6 Å². The molecule has 204 valence electrons. The lowest BCUT2D eigenvalue weighted by atomic mass is 10.0. The van der Waals surface area contributed by atoms with Crippen LogP contribution in [0, 0.1) is 0 Å². The van der Waals surface area contributed by atoms with Crippen molar-refractivity contribution >= 4 is 58.1 Å². The number of rotatable bonds is 12. The Kier molecular flexibility index (Phi) is 8.89. The molecule has 3 atom stereocenters. The van der Waals surface area contributed by atoms with Crippen molar-refractivity contribution in [2.75, 3.05) is 12.3 Å². The Labute approximate surface area is 229 Å². The Morgan fingerprint density at radius 2 is 1.38 bits per heavy atom. The van der Waals surface area contributed by atoms with Gasteiger partial charge in [-0.3, -0.25) is 14.4 Å². The summed E-state index contributed by atoms with van der Waals surface area (Å²) in [5.41, 5.74) is 9.44. The molecule has 3 unspecified atom stereocenters. The van der Waals surface area contributed by atoms with Gasteiger partial charge in [0.05, 0.1) is 12.6 Å². The average Bonchev–Trinajstić information content (AvgIpc) is 3.54. The van der Waals surface area contributed by atoms with Crippen LogP contribution in [0.4, 0.5) is 0 Å². The van der Waals surface area contributed by atoms with Gasteiger partial charge in [-0.2, -0.15) is 12.6 Å². The first-order chi connectivity index (χ1) is 18.8. The second-order valence-corrected chi connectivity index (χ2v) is 9.52. The summed E-state index contributed by atoms with van der Waals surface area (Å²) in [6.07, 6.45) is 3.81. The minimum absolute atomic E-state index is 0.0443. The van der Waals surface area contributed by atoms with Crippen molar-refractivity contribution in [3.8, 4) is 0 Å². The maximum Gasteiger partial charge on any atom is 0.326 e. The smallest absolute Gasteiger partial charge is 0.326 e. The summed E-state index contributed by atoms with van der Waals surface area (Å²) in [5.74, 6) is -3.15. The number of carboxylic acids is 1. The number of carbonyl (C=O) groups excluding carboxylic acids is 3. The van der Waals surface area contributed by atoms with Gasteiger partial charge in [-0.15, -0.1) is 0 Å². The van der Waals surface area contributed by atoms with Crippen LogP contribution in [0.3, 0.4) is 0 Å². The second kappa shape index (κ2) is 12.5. The number of amides is 3. The lowest BCUT2D eigenvalue weighted by Gasteiger charge is -2.20. The minimum Gasteiger partial charge on any atom is -0.480 e. The van der Waals surface area contributed by atoms with Crippen LogP contribution in [0.2, 0.25) is 0 Å². The lowest BCUT2D eigenvalue weighted by molar-refractivity contribution is -0.142. The zero-order chi connectivity index (χ0) is 27.9.